The maximum absolute atomic E-state index is 12.5. The van der Waals surface area contributed by atoms with Gasteiger partial charge >= 0.3 is 5.97 Å². The number of benzene rings is 1. The van der Waals surface area contributed by atoms with E-state index in [1.165, 1.54) is 23.7 Å². The van der Waals surface area contributed by atoms with E-state index in [1.54, 1.807) is 6.07 Å². The van der Waals surface area contributed by atoms with Crippen molar-refractivity contribution in [3.05, 3.63) is 35.5 Å². The van der Waals surface area contributed by atoms with Crippen molar-refractivity contribution in [2.45, 2.75) is 4.90 Å². The van der Waals surface area contributed by atoms with Crippen LogP contribution in [0.3, 0.4) is 0 Å². The Morgan fingerprint density at radius 3 is 2.65 bits per heavy atom. The van der Waals surface area contributed by atoms with Gasteiger partial charge in [0.15, 0.2) is 5.69 Å². The summed E-state index contributed by atoms with van der Waals surface area (Å²) in [7, 11) is -4.12. The molecular weight excluding hydrogens is 344 g/mol. The molecule has 9 nitrogen and oxygen atoms in total. The van der Waals surface area contributed by atoms with Gasteiger partial charge in [-0.1, -0.05) is 12.1 Å². The largest absolute Gasteiger partial charge is 0.476 e. The van der Waals surface area contributed by atoms with E-state index < -0.39 is 27.6 Å². The van der Waals surface area contributed by atoms with Crippen molar-refractivity contribution in [3.63, 3.8) is 0 Å². The summed E-state index contributed by atoms with van der Waals surface area (Å²) in [6.45, 7) is -0.306. The van der Waals surface area contributed by atoms with Crippen LogP contribution < -0.4 is 15.8 Å². The first-order valence-electron chi connectivity index (χ1n) is 6.13. The summed E-state index contributed by atoms with van der Waals surface area (Å²) in [5.41, 5.74) is 6.04. The molecule has 1 aromatic carbocycles. The van der Waals surface area contributed by atoms with Gasteiger partial charge in [0, 0.05) is 0 Å². The summed E-state index contributed by atoms with van der Waals surface area (Å²) < 4.78 is 27.1. The first-order valence-corrected chi connectivity index (χ1v) is 8.50. The standard InChI is InChI=1S/C12H12N4O5S2/c13-5-9(17)15-7-3-1-2-4-8(7)23(20,21)16-11-10(12(18)19)14-6-22-11/h1-4,6,16H,5,13H2,(H,15,17)(H,18,19). The van der Waals surface area contributed by atoms with Gasteiger partial charge in [-0.2, -0.15) is 0 Å². The summed E-state index contributed by atoms with van der Waals surface area (Å²) in [6.07, 6.45) is 0. The number of anilines is 2. The molecule has 0 unspecified atom stereocenters. The van der Waals surface area contributed by atoms with Crippen LogP contribution in [-0.4, -0.2) is 36.9 Å². The number of aromatic nitrogens is 1. The van der Waals surface area contributed by atoms with Crippen molar-refractivity contribution < 1.29 is 23.1 Å². The molecule has 0 spiro atoms. The van der Waals surface area contributed by atoms with Gasteiger partial charge in [0.1, 0.15) is 9.90 Å². The molecule has 23 heavy (non-hydrogen) atoms. The Bertz CT molecular complexity index is 847. The summed E-state index contributed by atoms with van der Waals surface area (Å²) >= 11 is 0.834. The molecule has 0 saturated heterocycles. The van der Waals surface area contributed by atoms with Gasteiger partial charge < -0.3 is 16.2 Å². The molecule has 0 aliphatic heterocycles. The number of carbonyl (C=O) groups excluding carboxylic acids is 1. The van der Waals surface area contributed by atoms with Crippen molar-refractivity contribution in [1.29, 1.82) is 0 Å². The van der Waals surface area contributed by atoms with Crippen molar-refractivity contribution in [2.75, 3.05) is 16.6 Å². The van der Waals surface area contributed by atoms with Crippen molar-refractivity contribution >= 4 is 43.9 Å². The van der Waals surface area contributed by atoms with Gasteiger partial charge in [-0.05, 0) is 12.1 Å². The highest BCUT2D eigenvalue weighted by molar-refractivity contribution is 7.93. The zero-order valence-electron chi connectivity index (χ0n) is 11.5. The molecule has 0 aliphatic rings. The predicted molar refractivity (Wildman–Crippen MR) is 84.0 cm³/mol. The molecule has 11 heteroatoms. The van der Waals surface area contributed by atoms with Crippen LogP contribution in [0, 0.1) is 0 Å². The van der Waals surface area contributed by atoms with E-state index in [1.807, 2.05) is 0 Å². The number of amides is 1. The molecule has 0 fully saturated rings. The molecule has 0 bridgehead atoms. The Morgan fingerprint density at radius 1 is 1.30 bits per heavy atom. The average Bonchev–Trinajstić information content (AvgIpc) is 2.95. The van der Waals surface area contributed by atoms with E-state index in [2.05, 4.69) is 15.0 Å². The van der Waals surface area contributed by atoms with E-state index >= 15 is 0 Å². The third-order valence-corrected chi connectivity index (χ3v) is 4.91. The van der Waals surface area contributed by atoms with Gasteiger partial charge in [-0.15, -0.1) is 11.3 Å². The molecule has 0 aliphatic carbocycles. The fourth-order valence-electron chi connectivity index (χ4n) is 1.65. The lowest BCUT2D eigenvalue weighted by Crippen LogP contribution is -2.24. The number of aromatic carboxylic acids is 1. The highest BCUT2D eigenvalue weighted by atomic mass is 32.2. The molecule has 2 aromatic rings. The monoisotopic (exact) mass is 356 g/mol. The summed E-state index contributed by atoms with van der Waals surface area (Å²) in [4.78, 5) is 25.7. The Kier molecular flexibility index (Phi) is 4.93. The number of hydrogen-bond acceptors (Lipinski definition) is 7. The van der Waals surface area contributed by atoms with Gasteiger partial charge in [-0.3, -0.25) is 9.52 Å². The van der Waals surface area contributed by atoms with Gasteiger partial charge in [-0.25, -0.2) is 18.2 Å². The normalized spacial score (nSPS) is 11.0. The number of sulfonamides is 1. The molecule has 0 saturated carbocycles. The summed E-state index contributed by atoms with van der Waals surface area (Å²) in [5.74, 6) is -1.91. The Hall–Kier alpha value is -2.50. The average molecular weight is 356 g/mol. The minimum atomic E-state index is -4.12. The maximum Gasteiger partial charge on any atom is 0.357 e. The number of carboxylic acids is 1. The first-order chi connectivity index (χ1) is 10.8. The second kappa shape index (κ2) is 6.73. The molecule has 1 aromatic heterocycles. The Balaban J connectivity index is 2.38. The van der Waals surface area contributed by atoms with Gasteiger partial charge in [0.2, 0.25) is 5.91 Å². The molecule has 5 N–H and O–H groups in total. The zero-order chi connectivity index (χ0) is 17.0. The second-order valence-corrected chi connectivity index (χ2v) is 6.69. The van der Waals surface area contributed by atoms with Crippen molar-refractivity contribution in [3.8, 4) is 0 Å². The van der Waals surface area contributed by atoms with Gasteiger partial charge in [0.05, 0.1) is 17.7 Å². The highest BCUT2D eigenvalue weighted by Crippen LogP contribution is 2.27. The number of thiazole rings is 1. The first kappa shape index (κ1) is 16.9. The fourth-order valence-corrected chi connectivity index (χ4v) is 3.81. The van der Waals surface area contributed by atoms with Crippen LogP contribution in [0.5, 0.6) is 0 Å². The molecule has 1 amide bonds. The number of nitrogens with one attached hydrogen (secondary N) is 2. The maximum atomic E-state index is 12.5. The summed E-state index contributed by atoms with van der Waals surface area (Å²) in [5, 5.41) is 11.2. The minimum absolute atomic E-state index is 0.0387. The van der Waals surface area contributed by atoms with Crippen LogP contribution in [0.25, 0.3) is 0 Å². The number of hydrogen-bond donors (Lipinski definition) is 4. The number of carbonyl (C=O) groups is 2. The van der Waals surface area contributed by atoms with Crippen LogP contribution >= 0.6 is 11.3 Å². The predicted octanol–water partition coefficient (Wildman–Crippen LogP) is 0.539. The van der Waals surface area contributed by atoms with Gasteiger partial charge in [0.25, 0.3) is 10.0 Å². The smallest absolute Gasteiger partial charge is 0.357 e. The third kappa shape index (κ3) is 3.83. The SMILES string of the molecule is NCC(=O)Nc1ccccc1S(=O)(=O)Nc1scnc1C(=O)O. The molecule has 0 atom stereocenters. The quantitative estimate of drug-likeness (QED) is 0.589. The number of nitrogens with zero attached hydrogens (tertiary/aromatic N) is 1. The topological polar surface area (TPSA) is 151 Å². The van der Waals surface area contributed by atoms with E-state index in [4.69, 9.17) is 10.8 Å². The lowest BCUT2D eigenvalue weighted by Gasteiger charge is -2.12. The fraction of sp³-hybridized carbons (Fsp3) is 0.0833. The van der Waals surface area contributed by atoms with Crippen LogP contribution in [0.2, 0.25) is 0 Å². The van der Waals surface area contributed by atoms with E-state index in [0.717, 1.165) is 11.3 Å². The van der Waals surface area contributed by atoms with E-state index in [0.29, 0.717) is 0 Å². The second-order valence-electron chi connectivity index (χ2n) is 4.19. The summed E-state index contributed by atoms with van der Waals surface area (Å²) in [6, 6.07) is 5.68. The number of rotatable bonds is 6. The van der Waals surface area contributed by atoms with Crippen LogP contribution in [0.4, 0.5) is 10.7 Å². The molecule has 122 valence electrons. The number of carboxylic acid groups (broad SMARTS) is 1. The number of nitrogens with two attached hydrogens (primary N) is 1. The number of para-hydroxylation sites is 1. The van der Waals surface area contributed by atoms with E-state index in [9.17, 15) is 18.0 Å². The molecule has 1 heterocycles. The minimum Gasteiger partial charge on any atom is -0.476 e. The van der Waals surface area contributed by atoms with Crippen molar-refractivity contribution in [1.82, 2.24) is 4.98 Å². The molecular formula is C12H12N4O5S2. The van der Waals surface area contributed by atoms with E-state index in [-0.39, 0.29) is 22.1 Å². The Morgan fingerprint density at radius 2 is 2.00 bits per heavy atom. The molecule has 0 radical (unpaired) electrons. The Labute approximate surface area is 135 Å². The van der Waals surface area contributed by atoms with Crippen LogP contribution in [0.15, 0.2) is 34.7 Å². The lowest BCUT2D eigenvalue weighted by molar-refractivity contribution is -0.114. The van der Waals surface area contributed by atoms with Crippen LogP contribution in [-0.2, 0) is 14.8 Å². The van der Waals surface area contributed by atoms with Crippen molar-refractivity contribution in [2.24, 2.45) is 5.73 Å². The molecule has 2 rings (SSSR count). The lowest BCUT2D eigenvalue weighted by atomic mass is 10.3. The van der Waals surface area contributed by atoms with Crippen LogP contribution in [0.1, 0.15) is 10.5 Å². The third-order valence-electron chi connectivity index (χ3n) is 2.63. The highest BCUT2D eigenvalue weighted by Gasteiger charge is 2.23. The zero-order valence-corrected chi connectivity index (χ0v) is 13.1.